The lowest BCUT2D eigenvalue weighted by Crippen LogP contribution is -2.46. The highest BCUT2D eigenvalue weighted by Crippen LogP contribution is 2.41. The number of ether oxygens (including phenoxy) is 1. The molecule has 0 amide bonds. The van der Waals surface area contributed by atoms with Crippen molar-refractivity contribution < 1.29 is 4.74 Å². The Labute approximate surface area is 143 Å². The van der Waals surface area contributed by atoms with E-state index in [-0.39, 0.29) is 5.60 Å². The molecule has 0 unspecified atom stereocenters. The Morgan fingerprint density at radius 2 is 2.04 bits per heavy atom. The summed E-state index contributed by atoms with van der Waals surface area (Å²) >= 11 is 0. The van der Waals surface area contributed by atoms with Crippen LogP contribution in [0.3, 0.4) is 0 Å². The zero-order valence-corrected chi connectivity index (χ0v) is 14.4. The van der Waals surface area contributed by atoms with Gasteiger partial charge in [-0.3, -0.25) is 4.90 Å². The van der Waals surface area contributed by atoms with Crippen molar-refractivity contribution in [1.82, 2.24) is 19.7 Å². The van der Waals surface area contributed by atoms with E-state index in [1.165, 1.54) is 11.1 Å². The van der Waals surface area contributed by atoms with Crippen LogP contribution in [0.4, 0.5) is 0 Å². The summed E-state index contributed by atoms with van der Waals surface area (Å²) in [5.41, 5.74) is 2.83. The van der Waals surface area contributed by atoms with Gasteiger partial charge in [-0.2, -0.15) is 5.10 Å². The molecule has 0 aliphatic carbocycles. The first-order valence-electron chi connectivity index (χ1n) is 9.12. The molecule has 0 N–H and O–H groups in total. The van der Waals surface area contributed by atoms with Gasteiger partial charge in [-0.1, -0.05) is 31.2 Å². The quantitative estimate of drug-likeness (QED) is 0.866. The SMILES string of the molecule is CCCn1ncnc1CN1CCC2(CC1)OCCc1ccccc12. The summed E-state index contributed by atoms with van der Waals surface area (Å²) in [4.78, 5) is 6.94. The minimum absolute atomic E-state index is 0.0670. The smallest absolute Gasteiger partial charge is 0.141 e. The van der Waals surface area contributed by atoms with Gasteiger partial charge in [-0.25, -0.2) is 9.67 Å². The van der Waals surface area contributed by atoms with Crippen LogP contribution < -0.4 is 0 Å². The van der Waals surface area contributed by atoms with E-state index in [1.54, 1.807) is 6.33 Å². The molecule has 2 aliphatic rings. The number of benzene rings is 1. The van der Waals surface area contributed by atoms with E-state index >= 15 is 0 Å². The third-order valence-electron chi connectivity index (χ3n) is 5.42. The standard InChI is InChI=1S/C19H26N4O/c1-2-10-23-18(20-15-21-23)14-22-11-8-19(9-12-22)17-6-4-3-5-16(17)7-13-24-19/h3-6,15H,2,7-14H2,1H3. The van der Waals surface area contributed by atoms with Crippen LogP contribution in [0.25, 0.3) is 0 Å². The number of fused-ring (bicyclic) bond motifs is 2. The molecule has 0 saturated carbocycles. The molecule has 128 valence electrons. The fourth-order valence-corrected chi connectivity index (χ4v) is 4.11. The number of nitrogens with zero attached hydrogens (tertiary/aromatic N) is 4. The van der Waals surface area contributed by atoms with Crippen molar-refractivity contribution in [2.75, 3.05) is 19.7 Å². The molecule has 1 saturated heterocycles. The maximum Gasteiger partial charge on any atom is 0.141 e. The summed E-state index contributed by atoms with van der Waals surface area (Å²) in [6.45, 7) is 6.96. The molecule has 5 heteroatoms. The van der Waals surface area contributed by atoms with E-state index in [1.807, 2.05) is 4.68 Å². The van der Waals surface area contributed by atoms with Crippen LogP contribution in [0.2, 0.25) is 0 Å². The van der Waals surface area contributed by atoms with Crippen molar-refractivity contribution in [1.29, 1.82) is 0 Å². The maximum atomic E-state index is 6.32. The predicted octanol–water partition coefficient (Wildman–Crippen LogP) is 2.75. The zero-order chi connectivity index (χ0) is 16.4. The van der Waals surface area contributed by atoms with Gasteiger partial charge in [0.05, 0.1) is 18.8 Å². The van der Waals surface area contributed by atoms with Crippen molar-refractivity contribution in [2.24, 2.45) is 0 Å². The normalized spacial score (nSPS) is 20.2. The van der Waals surface area contributed by atoms with Crippen LogP contribution in [0.1, 0.15) is 43.1 Å². The van der Waals surface area contributed by atoms with Gasteiger partial charge >= 0.3 is 0 Å². The molecule has 5 nitrogen and oxygen atoms in total. The second-order valence-electron chi connectivity index (χ2n) is 6.93. The summed E-state index contributed by atoms with van der Waals surface area (Å²) in [5.74, 6) is 1.08. The summed E-state index contributed by atoms with van der Waals surface area (Å²) in [6.07, 6.45) is 5.93. The molecule has 2 aliphatic heterocycles. The second-order valence-corrected chi connectivity index (χ2v) is 6.93. The Balaban J connectivity index is 1.45. The molecule has 2 aromatic rings. The number of aromatic nitrogens is 3. The lowest BCUT2D eigenvalue weighted by atomic mass is 9.79. The lowest BCUT2D eigenvalue weighted by molar-refractivity contribution is -0.0992. The van der Waals surface area contributed by atoms with Crippen LogP contribution in [0.15, 0.2) is 30.6 Å². The molecule has 1 spiro atoms. The number of aryl methyl sites for hydroxylation is 1. The zero-order valence-electron chi connectivity index (χ0n) is 14.4. The molecule has 0 bridgehead atoms. The van der Waals surface area contributed by atoms with Crippen molar-refractivity contribution in [3.8, 4) is 0 Å². The highest BCUT2D eigenvalue weighted by molar-refractivity contribution is 5.35. The highest BCUT2D eigenvalue weighted by atomic mass is 16.5. The predicted molar refractivity (Wildman–Crippen MR) is 92.6 cm³/mol. The third-order valence-corrected chi connectivity index (χ3v) is 5.42. The number of hydrogen-bond donors (Lipinski definition) is 0. The largest absolute Gasteiger partial charge is 0.370 e. The summed E-state index contributed by atoms with van der Waals surface area (Å²) < 4.78 is 8.36. The van der Waals surface area contributed by atoms with Gasteiger partial charge in [0.15, 0.2) is 0 Å². The van der Waals surface area contributed by atoms with Gasteiger partial charge in [0.25, 0.3) is 0 Å². The van der Waals surface area contributed by atoms with Gasteiger partial charge in [0.1, 0.15) is 12.2 Å². The van der Waals surface area contributed by atoms with Crippen LogP contribution >= 0.6 is 0 Å². The Hall–Kier alpha value is -1.72. The number of hydrogen-bond acceptors (Lipinski definition) is 4. The topological polar surface area (TPSA) is 43.2 Å². The molecular formula is C19H26N4O. The van der Waals surface area contributed by atoms with E-state index in [9.17, 15) is 0 Å². The second kappa shape index (κ2) is 6.65. The average molecular weight is 326 g/mol. The first-order chi connectivity index (χ1) is 11.8. The minimum atomic E-state index is -0.0670. The molecular weight excluding hydrogens is 300 g/mol. The number of rotatable bonds is 4. The first-order valence-corrected chi connectivity index (χ1v) is 9.12. The van der Waals surface area contributed by atoms with Crippen LogP contribution in [0.5, 0.6) is 0 Å². The fourth-order valence-electron chi connectivity index (χ4n) is 4.11. The monoisotopic (exact) mass is 326 g/mol. The minimum Gasteiger partial charge on any atom is -0.370 e. The Bertz CT molecular complexity index is 688. The Kier molecular flexibility index (Phi) is 4.37. The van der Waals surface area contributed by atoms with Crippen LogP contribution in [-0.4, -0.2) is 39.4 Å². The Morgan fingerprint density at radius 3 is 2.88 bits per heavy atom. The number of piperidine rings is 1. The van der Waals surface area contributed by atoms with E-state index in [0.717, 1.165) is 64.3 Å². The van der Waals surface area contributed by atoms with Crippen molar-refractivity contribution in [3.05, 3.63) is 47.5 Å². The van der Waals surface area contributed by atoms with Gasteiger partial charge in [0, 0.05) is 19.6 Å². The van der Waals surface area contributed by atoms with Crippen LogP contribution in [0, 0.1) is 0 Å². The first kappa shape index (κ1) is 15.8. The van der Waals surface area contributed by atoms with Gasteiger partial charge < -0.3 is 4.74 Å². The molecule has 24 heavy (non-hydrogen) atoms. The van der Waals surface area contributed by atoms with Gasteiger partial charge in [-0.15, -0.1) is 0 Å². The maximum absolute atomic E-state index is 6.32. The van der Waals surface area contributed by atoms with Crippen molar-refractivity contribution >= 4 is 0 Å². The molecule has 1 aromatic heterocycles. The lowest BCUT2D eigenvalue weighted by Gasteiger charge is -2.45. The van der Waals surface area contributed by atoms with E-state index in [0.29, 0.717) is 0 Å². The summed E-state index contributed by atoms with van der Waals surface area (Å²) in [5, 5.41) is 4.34. The van der Waals surface area contributed by atoms with Gasteiger partial charge in [0.2, 0.25) is 0 Å². The molecule has 0 atom stereocenters. The van der Waals surface area contributed by atoms with E-state index in [2.05, 4.69) is 46.2 Å². The fraction of sp³-hybridized carbons (Fsp3) is 0.579. The third kappa shape index (κ3) is 2.87. The van der Waals surface area contributed by atoms with Crippen molar-refractivity contribution in [3.63, 3.8) is 0 Å². The molecule has 3 heterocycles. The molecule has 0 radical (unpaired) electrons. The highest BCUT2D eigenvalue weighted by Gasteiger charge is 2.40. The molecule has 1 aromatic carbocycles. The van der Waals surface area contributed by atoms with Gasteiger partial charge in [-0.05, 0) is 36.8 Å². The number of likely N-dealkylation sites (tertiary alicyclic amines) is 1. The van der Waals surface area contributed by atoms with E-state index in [4.69, 9.17) is 4.74 Å². The summed E-state index contributed by atoms with van der Waals surface area (Å²) in [6, 6.07) is 8.82. The average Bonchev–Trinajstić information content (AvgIpc) is 3.05. The Morgan fingerprint density at radius 1 is 1.21 bits per heavy atom. The van der Waals surface area contributed by atoms with E-state index < -0.39 is 0 Å². The molecule has 1 fully saturated rings. The molecule has 4 rings (SSSR count). The summed E-state index contributed by atoms with van der Waals surface area (Å²) in [7, 11) is 0. The van der Waals surface area contributed by atoms with Crippen molar-refractivity contribution in [2.45, 2.75) is 51.3 Å². The van der Waals surface area contributed by atoms with Crippen LogP contribution in [-0.2, 0) is 29.8 Å².